The predicted molar refractivity (Wildman–Crippen MR) is 182 cm³/mol. The first kappa shape index (κ1) is 26.3. The lowest BCUT2D eigenvalue weighted by atomic mass is 9.76. The Morgan fingerprint density at radius 2 is 1.60 bits per heavy atom. The number of rotatable bonds is 6. The maximum atomic E-state index is 6.52. The molecule has 3 nitrogen and oxygen atoms in total. The number of hydrogen-bond acceptors (Lipinski definition) is 3. The van der Waals surface area contributed by atoms with E-state index in [0.717, 1.165) is 17.8 Å². The van der Waals surface area contributed by atoms with Crippen LogP contribution in [0, 0.1) is 0 Å². The molecule has 3 N–H and O–H groups in total. The number of aromatic nitrogens is 1. The Morgan fingerprint density at radius 3 is 2.47 bits per heavy atom. The lowest BCUT2D eigenvalue weighted by molar-refractivity contribution is 0.552. The standard InChI is InChI=1S/C39H33N3S/c1-39-23-8-7-16-36(39)43-37-30(13-9-14-33(37)39)28-19-22-35-32(24-28)31-12-5-6-15-34(31)42(35)29-20-17-27(18-21-29)38(40)41-25-26-10-3-2-4-11-26/h2-24,36,38,41H,25,40H2,1H3. The van der Waals surface area contributed by atoms with E-state index in [4.69, 9.17) is 5.73 Å². The molecule has 210 valence electrons. The Morgan fingerprint density at radius 1 is 0.814 bits per heavy atom. The summed E-state index contributed by atoms with van der Waals surface area (Å²) in [5.74, 6) is 0. The van der Waals surface area contributed by atoms with E-state index < -0.39 is 0 Å². The van der Waals surface area contributed by atoms with Gasteiger partial charge in [0.25, 0.3) is 0 Å². The molecular weight excluding hydrogens is 543 g/mol. The first-order valence-electron chi connectivity index (χ1n) is 14.9. The number of fused-ring (bicyclic) bond motifs is 6. The average molecular weight is 576 g/mol. The summed E-state index contributed by atoms with van der Waals surface area (Å²) < 4.78 is 2.37. The van der Waals surface area contributed by atoms with E-state index >= 15 is 0 Å². The molecular formula is C39H33N3S. The molecule has 0 amide bonds. The molecule has 4 heteroatoms. The molecule has 0 radical (unpaired) electrons. The van der Waals surface area contributed by atoms with Crippen LogP contribution >= 0.6 is 11.8 Å². The van der Waals surface area contributed by atoms with Crippen molar-refractivity contribution in [1.29, 1.82) is 0 Å². The normalized spacial score (nSPS) is 19.5. The van der Waals surface area contributed by atoms with Crippen molar-refractivity contribution in [1.82, 2.24) is 9.88 Å². The van der Waals surface area contributed by atoms with Crippen LogP contribution in [-0.4, -0.2) is 9.82 Å². The van der Waals surface area contributed by atoms with Crippen LogP contribution in [0.3, 0.4) is 0 Å². The van der Waals surface area contributed by atoms with Gasteiger partial charge in [0.15, 0.2) is 0 Å². The smallest absolute Gasteiger partial charge is 0.0812 e. The average Bonchev–Trinajstić information content (AvgIpc) is 3.55. The van der Waals surface area contributed by atoms with Crippen LogP contribution in [0.4, 0.5) is 0 Å². The third-order valence-corrected chi connectivity index (χ3v) is 10.7. The lowest BCUT2D eigenvalue weighted by Gasteiger charge is -2.28. The van der Waals surface area contributed by atoms with Crippen molar-refractivity contribution in [2.45, 2.75) is 35.2 Å². The van der Waals surface area contributed by atoms with Gasteiger partial charge >= 0.3 is 0 Å². The maximum Gasteiger partial charge on any atom is 0.0812 e. The minimum absolute atomic E-state index is 0.0383. The summed E-state index contributed by atoms with van der Waals surface area (Å²) in [6, 6.07) is 41.5. The number of allylic oxidation sites excluding steroid dienone is 3. The van der Waals surface area contributed by atoms with Crippen LogP contribution in [0.1, 0.15) is 29.8 Å². The predicted octanol–water partition coefficient (Wildman–Crippen LogP) is 9.06. The van der Waals surface area contributed by atoms with E-state index in [-0.39, 0.29) is 11.6 Å². The molecule has 0 spiro atoms. The zero-order chi connectivity index (χ0) is 29.0. The Labute approximate surface area is 256 Å². The summed E-state index contributed by atoms with van der Waals surface area (Å²) in [5, 5.41) is 6.41. The first-order chi connectivity index (χ1) is 21.1. The molecule has 3 unspecified atom stereocenters. The number of nitrogens with zero attached hydrogens (tertiary/aromatic N) is 1. The minimum Gasteiger partial charge on any atom is -0.312 e. The van der Waals surface area contributed by atoms with Crippen molar-refractivity contribution in [2.75, 3.05) is 0 Å². The number of thioether (sulfide) groups is 1. The highest BCUT2D eigenvalue weighted by atomic mass is 32.2. The van der Waals surface area contributed by atoms with E-state index in [1.54, 1.807) is 0 Å². The highest BCUT2D eigenvalue weighted by molar-refractivity contribution is 8.00. The number of benzene rings is 5. The molecule has 2 aliphatic rings. The molecule has 0 fully saturated rings. The fourth-order valence-electron chi connectivity index (χ4n) is 6.75. The monoisotopic (exact) mass is 575 g/mol. The summed E-state index contributed by atoms with van der Waals surface area (Å²) in [6.07, 6.45) is 8.86. The fraction of sp³-hybridized carbons (Fsp3) is 0.128. The second-order valence-corrected chi connectivity index (χ2v) is 12.9. The van der Waals surface area contributed by atoms with Gasteiger partial charge in [-0.1, -0.05) is 116 Å². The third kappa shape index (κ3) is 4.37. The second-order valence-electron chi connectivity index (χ2n) is 11.8. The van der Waals surface area contributed by atoms with Gasteiger partial charge in [0.1, 0.15) is 0 Å². The van der Waals surface area contributed by atoms with E-state index in [1.807, 2.05) is 17.8 Å². The van der Waals surface area contributed by atoms with Crippen molar-refractivity contribution in [2.24, 2.45) is 5.73 Å². The Kier molecular flexibility index (Phi) is 6.37. The van der Waals surface area contributed by atoms with E-state index in [0.29, 0.717) is 5.25 Å². The largest absolute Gasteiger partial charge is 0.312 e. The van der Waals surface area contributed by atoms with Gasteiger partial charge < -0.3 is 10.3 Å². The summed E-state index contributed by atoms with van der Waals surface area (Å²) in [5.41, 5.74) is 16.4. The van der Waals surface area contributed by atoms with Crippen LogP contribution < -0.4 is 11.1 Å². The molecule has 0 saturated heterocycles. The molecule has 0 saturated carbocycles. The number of nitrogens with one attached hydrogen (secondary N) is 1. The van der Waals surface area contributed by atoms with Gasteiger partial charge in [-0.15, -0.1) is 11.8 Å². The Bertz CT molecular complexity index is 2040. The van der Waals surface area contributed by atoms with Gasteiger partial charge in [-0.2, -0.15) is 0 Å². The lowest BCUT2D eigenvalue weighted by Crippen LogP contribution is -2.28. The van der Waals surface area contributed by atoms with Crippen molar-refractivity contribution in [3.63, 3.8) is 0 Å². The number of nitrogens with two attached hydrogens (primary N) is 1. The second kappa shape index (κ2) is 10.4. The van der Waals surface area contributed by atoms with Gasteiger partial charge in [0.05, 0.1) is 17.2 Å². The molecule has 1 aromatic heterocycles. The van der Waals surface area contributed by atoms with Crippen LogP contribution in [0.15, 0.2) is 144 Å². The van der Waals surface area contributed by atoms with Crippen LogP contribution in [0.5, 0.6) is 0 Å². The third-order valence-electron chi connectivity index (χ3n) is 9.13. The summed E-state index contributed by atoms with van der Waals surface area (Å²) >= 11 is 2.00. The van der Waals surface area contributed by atoms with Crippen molar-refractivity contribution in [3.8, 4) is 16.8 Å². The first-order valence-corrected chi connectivity index (χ1v) is 15.8. The molecule has 0 bridgehead atoms. The zero-order valence-electron chi connectivity index (χ0n) is 24.1. The van der Waals surface area contributed by atoms with Gasteiger partial charge in [0.2, 0.25) is 0 Å². The quantitative estimate of drug-likeness (QED) is 0.195. The maximum absolute atomic E-state index is 6.52. The Hall–Kier alpha value is -4.35. The highest BCUT2D eigenvalue weighted by Gasteiger charge is 2.42. The van der Waals surface area contributed by atoms with E-state index in [9.17, 15) is 0 Å². The molecule has 6 aromatic rings. The molecule has 2 heterocycles. The van der Waals surface area contributed by atoms with Crippen molar-refractivity contribution >= 4 is 33.6 Å². The van der Waals surface area contributed by atoms with Crippen LogP contribution in [0.25, 0.3) is 38.6 Å². The van der Waals surface area contributed by atoms with E-state index in [2.05, 4.69) is 150 Å². The summed E-state index contributed by atoms with van der Waals surface area (Å²) in [7, 11) is 0. The van der Waals surface area contributed by atoms with Crippen LogP contribution in [0.2, 0.25) is 0 Å². The topological polar surface area (TPSA) is 43.0 Å². The fourth-order valence-corrected chi connectivity index (χ4v) is 8.35. The Balaban J connectivity index is 1.16. The highest BCUT2D eigenvalue weighted by Crippen LogP contribution is 2.55. The molecule has 5 aromatic carbocycles. The number of para-hydroxylation sites is 1. The molecule has 43 heavy (non-hydrogen) atoms. The molecule has 1 aliphatic heterocycles. The minimum atomic E-state index is -0.238. The van der Waals surface area contributed by atoms with E-state index in [1.165, 1.54) is 49.0 Å². The van der Waals surface area contributed by atoms with Gasteiger partial charge in [-0.05, 0) is 58.1 Å². The number of hydrogen-bond donors (Lipinski definition) is 2. The SMILES string of the molecule is CC12C=CC=CC1Sc1c(-c3ccc4c(c3)c3ccccc3n4-c3ccc(C(N)NCc4ccccc4)cc3)cccc12. The van der Waals surface area contributed by atoms with Gasteiger partial charge in [-0.25, -0.2) is 0 Å². The molecule has 3 atom stereocenters. The summed E-state index contributed by atoms with van der Waals surface area (Å²) in [6.45, 7) is 3.10. The van der Waals surface area contributed by atoms with Crippen molar-refractivity contribution in [3.05, 3.63) is 156 Å². The molecule has 1 aliphatic carbocycles. The van der Waals surface area contributed by atoms with Gasteiger partial charge in [0, 0.05) is 38.6 Å². The van der Waals surface area contributed by atoms with Crippen molar-refractivity contribution < 1.29 is 0 Å². The van der Waals surface area contributed by atoms with Crippen LogP contribution in [-0.2, 0) is 12.0 Å². The van der Waals surface area contributed by atoms with Gasteiger partial charge in [-0.3, -0.25) is 5.32 Å². The molecule has 8 rings (SSSR count). The zero-order valence-corrected chi connectivity index (χ0v) is 24.9. The summed E-state index contributed by atoms with van der Waals surface area (Å²) in [4.78, 5) is 1.40.